The van der Waals surface area contributed by atoms with Crippen molar-refractivity contribution in [3.05, 3.63) is 29.3 Å². The second-order valence-electron chi connectivity index (χ2n) is 6.64. The molecule has 0 aliphatic carbocycles. The zero-order valence-electron chi connectivity index (χ0n) is 14.0. The molecule has 4 heterocycles. The highest BCUT2D eigenvalue weighted by molar-refractivity contribution is 7.18. The predicted octanol–water partition coefficient (Wildman–Crippen LogP) is 4.30. The smallest absolute Gasteiger partial charge is 0.199 e. The van der Waals surface area contributed by atoms with Crippen molar-refractivity contribution in [1.29, 1.82) is 0 Å². The first-order valence-electron chi connectivity index (χ1n) is 8.47. The van der Waals surface area contributed by atoms with E-state index >= 15 is 0 Å². The van der Waals surface area contributed by atoms with Gasteiger partial charge in [-0.1, -0.05) is 6.42 Å². The van der Waals surface area contributed by atoms with Gasteiger partial charge in [0.25, 0.3) is 0 Å². The van der Waals surface area contributed by atoms with Crippen LogP contribution in [0.1, 0.15) is 38.0 Å². The van der Waals surface area contributed by atoms with Crippen LogP contribution in [0.2, 0.25) is 0 Å². The van der Waals surface area contributed by atoms with Gasteiger partial charge in [-0.3, -0.25) is 4.90 Å². The van der Waals surface area contributed by atoms with Crippen molar-refractivity contribution >= 4 is 27.4 Å². The molecule has 0 saturated carbocycles. The monoisotopic (exact) mass is 342 g/mol. The maximum atomic E-state index is 6.16. The number of hydrogen-bond donors (Lipinski definition) is 1. The van der Waals surface area contributed by atoms with E-state index < -0.39 is 0 Å². The van der Waals surface area contributed by atoms with Crippen LogP contribution in [0.3, 0.4) is 0 Å². The average Bonchev–Trinajstić information content (AvgIpc) is 3.20. The van der Waals surface area contributed by atoms with Crippen molar-refractivity contribution in [2.75, 3.05) is 5.73 Å². The zero-order valence-corrected chi connectivity index (χ0v) is 14.8. The van der Waals surface area contributed by atoms with Gasteiger partial charge in [0.1, 0.15) is 10.6 Å². The van der Waals surface area contributed by atoms with Crippen LogP contribution >= 0.6 is 11.3 Å². The topological polar surface area (TPSA) is 68.2 Å². The summed E-state index contributed by atoms with van der Waals surface area (Å²) >= 11 is 1.71. The summed E-state index contributed by atoms with van der Waals surface area (Å²) in [5.41, 5.74) is 6.16. The number of anilines is 1. The molecule has 4 rings (SSSR count). The van der Waals surface area contributed by atoms with Gasteiger partial charge in [0.05, 0.1) is 11.6 Å². The van der Waals surface area contributed by atoms with E-state index in [9.17, 15) is 0 Å². The minimum Gasteiger partial charge on any atom is -0.461 e. The van der Waals surface area contributed by atoms with E-state index in [1.165, 1.54) is 24.1 Å². The number of hydrogen-bond acceptors (Lipinski definition) is 6. The van der Waals surface area contributed by atoms with Gasteiger partial charge in [0.15, 0.2) is 11.6 Å². The van der Waals surface area contributed by atoms with Crippen molar-refractivity contribution in [2.45, 2.75) is 51.7 Å². The average molecular weight is 342 g/mol. The Labute approximate surface area is 145 Å². The molecule has 126 valence electrons. The summed E-state index contributed by atoms with van der Waals surface area (Å²) in [6.45, 7) is 5.61. The van der Waals surface area contributed by atoms with E-state index in [2.05, 4.69) is 34.8 Å². The fourth-order valence-electron chi connectivity index (χ4n) is 3.55. The molecule has 3 aromatic rings. The molecule has 1 aliphatic heterocycles. The number of nitrogens with two attached hydrogens (primary N) is 1. The number of piperidine rings is 1. The summed E-state index contributed by atoms with van der Waals surface area (Å²) in [6, 6.07) is 7.08. The standard InChI is InChI=1S/C18H22N4OS/c1-11-5-3-6-12(2)22(11)10-13-9-14-16(19)20-17(21-18(14)24-13)15-7-4-8-23-15/h4,7-9,11-12H,3,5-6,10H2,1-2H3,(H2,19,20,21). The lowest BCUT2D eigenvalue weighted by molar-refractivity contribution is 0.0965. The van der Waals surface area contributed by atoms with Gasteiger partial charge in [-0.05, 0) is 44.9 Å². The Morgan fingerprint density at radius 1 is 1.29 bits per heavy atom. The summed E-state index contributed by atoms with van der Waals surface area (Å²) in [4.78, 5) is 13.9. The zero-order chi connectivity index (χ0) is 16.7. The Hall–Kier alpha value is -1.92. The van der Waals surface area contributed by atoms with Crippen LogP contribution in [-0.4, -0.2) is 27.0 Å². The van der Waals surface area contributed by atoms with E-state index in [0.717, 1.165) is 16.8 Å². The van der Waals surface area contributed by atoms with Gasteiger partial charge in [-0.15, -0.1) is 11.3 Å². The highest BCUT2D eigenvalue weighted by Crippen LogP contribution is 2.33. The van der Waals surface area contributed by atoms with Crippen LogP contribution in [0.4, 0.5) is 5.82 Å². The van der Waals surface area contributed by atoms with Crippen LogP contribution in [0.25, 0.3) is 21.8 Å². The highest BCUT2D eigenvalue weighted by atomic mass is 32.1. The normalized spacial score (nSPS) is 22.2. The summed E-state index contributed by atoms with van der Waals surface area (Å²) in [7, 11) is 0. The predicted molar refractivity (Wildman–Crippen MR) is 97.8 cm³/mol. The molecular formula is C18H22N4OS. The van der Waals surface area contributed by atoms with Gasteiger partial charge in [-0.2, -0.15) is 0 Å². The molecule has 1 saturated heterocycles. The van der Waals surface area contributed by atoms with E-state index in [1.54, 1.807) is 17.6 Å². The number of fused-ring (bicyclic) bond motifs is 1. The minimum atomic E-state index is 0.522. The van der Waals surface area contributed by atoms with Crippen molar-refractivity contribution < 1.29 is 4.42 Å². The molecule has 0 radical (unpaired) electrons. The first-order valence-corrected chi connectivity index (χ1v) is 9.29. The van der Waals surface area contributed by atoms with E-state index in [1.807, 2.05) is 12.1 Å². The van der Waals surface area contributed by atoms with Crippen LogP contribution < -0.4 is 5.73 Å². The molecule has 0 aromatic carbocycles. The van der Waals surface area contributed by atoms with Crippen molar-refractivity contribution in [3.8, 4) is 11.6 Å². The lowest BCUT2D eigenvalue weighted by atomic mass is 9.97. The van der Waals surface area contributed by atoms with Crippen molar-refractivity contribution in [1.82, 2.24) is 14.9 Å². The molecule has 1 fully saturated rings. The van der Waals surface area contributed by atoms with Crippen LogP contribution in [-0.2, 0) is 6.54 Å². The number of thiophene rings is 1. The molecule has 24 heavy (non-hydrogen) atoms. The van der Waals surface area contributed by atoms with Gasteiger partial charge in [0, 0.05) is 23.5 Å². The molecule has 2 N–H and O–H groups in total. The molecule has 0 amide bonds. The summed E-state index contributed by atoms with van der Waals surface area (Å²) in [5, 5.41) is 0.947. The van der Waals surface area contributed by atoms with Crippen LogP contribution in [0.15, 0.2) is 28.9 Å². The third-order valence-corrected chi connectivity index (χ3v) is 5.94. The fourth-order valence-corrected chi connectivity index (χ4v) is 4.60. The maximum Gasteiger partial charge on any atom is 0.199 e. The lowest BCUT2D eigenvalue weighted by Crippen LogP contribution is -2.42. The second-order valence-corrected chi connectivity index (χ2v) is 7.76. The Morgan fingerprint density at radius 3 is 2.79 bits per heavy atom. The van der Waals surface area contributed by atoms with E-state index in [4.69, 9.17) is 10.2 Å². The first-order chi connectivity index (χ1) is 11.6. The molecule has 5 nitrogen and oxygen atoms in total. The highest BCUT2D eigenvalue weighted by Gasteiger charge is 2.25. The molecule has 1 aliphatic rings. The van der Waals surface area contributed by atoms with Crippen molar-refractivity contribution in [2.24, 2.45) is 0 Å². The molecule has 6 heteroatoms. The quantitative estimate of drug-likeness (QED) is 0.769. The molecule has 0 spiro atoms. The molecular weight excluding hydrogens is 320 g/mol. The molecule has 2 atom stereocenters. The largest absolute Gasteiger partial charge is 0.461 e. The van der Waals surface area contributed by atoms with Crippen molar-refractivity contribution in [3.63, 3.8) is 0 Å². The minimum absolute atomic E-state index is 0.522. The fraction of sp³-hybridized carbons (Fsp3) is 0.444. The third-order valence-electron chi connectivity index (χ3n) is 4.93. The summed E-state index contributed by atoms with van der Waals surface area (Å²) in [6.07, 6.45) is 5.51. The lowest BCUT2D eigenvalue weighted by Gasteiger charge is -2.38. The SMILES string of the molecule is CC1CCCC(C)N1Cc1cc2c(N)nc(-c3ccco3)nc2s1. The van der Waals surface area contributed by atoms with E-state index in [0.29, 0.717) is 29.5 Å². The Morgan fingerprint density at radius 2 is 2.08 bits per heavy atom. The molecule has 0 bridgehead atoms. The number of likely N-dealkylation sites (tertiary alicyclic amines) is 1. The number of nitrogens with zero attached hydrogens (tertiary/aromatic N) is 3. The number of furan rings is 1. The summed E-state index contributed by atoms with van der Waals surface area (Å²) in [5.74, 6) is 1.73. The van der Waals surface area contributed by atoms with Crippen LogP contribution in [0, 0.1) is 0 Å². The van der Waals surface area contributed by atoms with E-state index in [-0.39, 0.29) is 0 Å². The molecule has 3 aromatic heterocycles. The number of aromatic nitrogens is 2. The first kappa shape index (κ1) is 15.6. The van der Waals surface area contributed by atoms with Gasteiger partial charge >= 0.3 is 0 Å². The maximum absolute atomic E-state index is 6.16. The van der Waals surface area contributed by atoms with Gasteiger partial charge in [-0.25, -0.2) is 9.97 Å². The second kappa shape index (κ2) is 6.18. The Balaban J connectivity index is 1.67. The van der Waals surface area contributed by atoms with Crippen LogP contribution in [0.5, 0.6) is 0 Å². The molecule has 2 unspecified atom stereocenters. The van der Waals surface area contributed by atoms with Gasteiger partial charge < -0.3 is 10.2 Å². The Kier molecular flexibility index (Phi) is 4.02. The number of rotatable bonds is 3. The summed E-state index contributed by atoms with van der Waals surface area (Å²) < 4.78 is 5.40. The van der Waals surface area contributed by atoms with Gasteiger partial charge in [0.2, 0.25) is 0 Å². The number of nitrogen functional groups attached to an aromatic ring is 1. The third kappa shape index (κ3) is 2.80. The Bertz CT molecular complexity index is 832.